The molecule has 19 heavy (non-hydrogen) atoms. The van der Waals surface area contributed by atoms with Crippen LogP contribution in [0.15, 0.2) is 35.5 Å². The molecule has 2 N–H and O–H groups in total. The highest BCUT2D eigenvalue weighted by atomic mass is 35.5. The zero-order valence-corrected chi connectivity index (χ0v) is 12.1. The molecule has 0 fully saturated rings. The zero-order chi connectivity index (χ0) is 14.0. The molecule has 102 valence electrons. The topological polar surface area (TPSA) is 74.8 Å². The van der Waals surface area contributed by atoms with E-state index >= 15 is 0 Å². The van der Waals surface area contributed by atoms with Gasteiger partial charge >= 0.3 is 0 Å². The number of aromatic nitrogens is 2. The van der Waals surface area contributed by atoms with Crippen molar-refractivity contribution in [1.29, 1.82) is 0 Å². The molecule has 5 nitrogen and oxygen atoms in total. The standard InChI is InChI=1S/C12H14ClN3O2S/c1-8-10(13)4-3-5-11(8)19(17,18)16-9(2)12-14-6-7-15-12/h3-7,9,16H,1-2H3,(H,14,15). The molecule has 1 aromatic heterocycles. The van der Waals surface area contributed by atoms with E-state index in [1.165, 1.54) is 6.07 Å². The Bertz CT molecular complexity index is 668. The molecule has 2 rings (SSSR count). The van der Waals surface area contributed by atoms with Crippen molar-refractivity contribution in [2.24, 2.45) is 0 Å². The van der Waals surface area contributed by atoms with E-state index in [1.54, 1.807) is 38.4 Å². The van der Waals surface area contributed by atoms with Gasteiger partial charge in [-0.1, -0.05) is 17.7 Å². The van der Waals surface area contributed by atoms with Crippen molar-refractivity contribution in [3.63, 3.8) is 0 Å². The fraction of sp³-hybridized carbons (Fsp3) is 0.250. The lowest BCUT2D eigenvalue weighted by Gasteiger charge is -2.14. The summed E-state index contributed by atoms with van der Waals surface area (Å²) >= 11 is 5.95. The Balaban J connectivity index is 2.31. The highest BCUT2D eigenvalue weighted by molar-refractivity contribution is 7.89. The summed E-state index contributed by atoms with van der Waals surface area (Å²) in [4.78, 5) is 7.08. The van der Waals surface area contributed by atoms with Crippen LogP contribution in [0.5, 0.6) is 0 Å². The van der Waals surface area contributed by atoms with Crippen molar-refractivity contribution in [3.8, 4) is 0 Å². The number of nitrogens with zero attached hydrogens (tertiary/aromatic N) is 1. The highest BCUT2D eigenvalue weighted by Crippen LogP contribution is 2.23. The molecule has 2 aromatic rings. The Morgan fingerprint density at radius 2 is 2.16 bits per heavy atom. The number of hydrogen-bond donors (Lipinski definition) is 2. The lowest BCUT2D eigenvalue weighted by molar-refractivity contribution is 0.560. The van der Waals surface area contributed by atoms with Crippen LogP contribution in [0.2, 0.25) is 5.02 Å². The summed E-state index contributed by atoms with van der Waals surface area (Å²) in [6, 6.07) is 4.35. The van der Waals surface area contributed by atoms with E-state index < -0.39 is 16.1 Å². The van der Waals surface area contributed by atoms with Crippen LogP contribution in [-0.4, -0.2) is 18.4 Å². The fourth-order valence-electron chi connectivity index (χ4n) is 1.75. The van der Waals surface area contributed by atoms with Crippen LogP contribution in [0.3, 0.4) is 0 Å². The number of rotatable bonds is 4. The lowest BCUT2D eigenvalue weighted by Crippen LogP contribution is -2.28. The molecule has 0 aliphatic carbocycles. The molecular formula is C12H14ClN3O2S. The van der Waals surface area contributed by atoms with Crippen LogP contribution in [0.1, 0.15) is 24.4 Å². The first-order valence-electron chi connectivity index (χ1n) is 5.68. The fourth-order valence-corrected chi connectivity index (χ4v) is 3.45. The molecule has 0 saturated carbocycles. The molecule has 0 radical (unpaired) electrons. The number of benzene rings is 1. The maximum absolute atomic E-state index is 12.3. The highest BCUT2D eigenvalue weighted by Gasteiger charge is 2.22. The second kappa shape index (κ2) is 5.32. The van der Waals surface area contributed by atoms with Crippen molar-refractivity contribution in [1.82, 2.24) is 14.7 Å². The van der Waals surface area contributed by atoms with Gasteiger partial charge in [0.05, 0.1) is 10.9 Å². The predicted molar refractivity (Wildman–Crippen MR) is 73.5 cm³/mol. The molecule has 0 aliphatic rings. The van der Waals surface area contributed by atoms with Gasteiger partial charge in [0.2, 0.25) is 10.0 Å². The van der Waals surface area contributed by atoms with E-state index in [-0.39, 0.29) is 4.90 Å². The Labute approximate surface area is 117 Å². The molecule has 1 unspecified atom stereocenters. The summed E-state index contributed by atoms with van der Waals surface area (Å²) in [7, 11) is -3.63. The largest absolute Gasteiger partial charge is 0.347 e. The summed E-state index contributed by atoms with van der Waals surface area (Å²) in [5.74, 6) is 0.559. The second-order valence-electron chi connectivity index (χ2n) is 4.18. The van der Waals surface area contributed by atoms with Crippen molar-refractivity contribution < 1.29 is 8.42 Å². The van der Waals surface area contributed by atoms with Crippen LogP contribution in [0.25, 0.3) is 0 Å². The third-order valence-electron chi connectivity index (χ3n) is 2.77. The Morgan fingerprint density at radius 1 is 1.42 bits per heavy atom. The molecule has 0 spiro atoms. The zero-order valence-electron chi connectivity index (χ0n) is 10.5. The van der Waals surface area contributed by atoms with Crippen molar-refractivity contribution in [3.05, 3.63) is 47.0 Å². The molecule has 0 aliphatic heterocycles. The van der Waals surface area contributed by atoms with Gasteiger partial charge in [0.25, 0.3) is 0 Å². The Morgan fingerprint density at radius 3 is 2.79 bits per heavy atom. The quantitative estimate of drug-likeness (QED) is 0.910. The number of sulfonamides is 1. The third-order valence-corrected chi connectivity index (χ3v) is 4.86. The van der Waals surface area contributed by atoms with Crippen LogP contribution in [0.4, 0.5) is 0 Å². The number of H-pyrrole nitrogens is 1. The normalized spacial score (nSPS) is 13.4. The molecular weight excluding hydrogens is 286 g/mol. The van der Waals surface area contributed by atoms with Crippen molar-refractivity contribution >= 4 is 21.6 Å². The summed E-state index contributed by atoms with van der Waals surface area (Å²) in [6.45, 7) is 3.39. The van der Waals surface area contributed by atoms with Crippen molar-refractivity contribution in [2.75, 3.05) is 0 Å². The maximum atomic E-state index is 12.3. The Kier molecular flexibility index (Phi) is 3.93. The van der Waals surface area contributed by atoms with Crippen LogP contribution >= 0.6 is 11.6 Å². The van der Waals surface area contributed by atoms with Crippen LogP contribution in [0, 0.1) is 6.92 Å². The smallest absolute Gasteiger partial charge is 0.241 e. The summed E-state index contributed by atoms with van der Waals surface area (Å²) in [6.07, 6.45) is 3.22. The van der Waals surface area contributed by atoms with E-state index in [0.29, 0.717) is 16.4 Å². The summed E-state index contributed by atoms with van der Waals surface area (Å²) in [5.41, 5.74) is 0.531. The van der Waals surface area contributed by atoms with Gasteiger partial charge in [-0.15, -0.1) is 0 Å². The first kappa shape index (κ1) is 14.0. The third kappa shape index (κ3) is 2.97. The van der Waals surface area contributed by atoms with E-state index in [9.17, 15) is 8.42 Å². The number of aromatic amines is 1. The first-order chi connectivity index (χ1) is 8.92. The van der Waals surface area contributed by atoms with Crippen LogP contribution in [-0.2, 0) is 10.0 Å². The summed E-state index contributed by atoms with van der Waals surface area (Å²) in [5, 5.41) is 0.425. The van der Waals surface area contributed by atoms with Gasteiger partial charge in [-0.2, -0.15) is 0 Å². The van der Waals surface area contributed by atoms with E-state index in [0.717, 1.165) is 0 Å². The molecule has 7 heteroatoms. The number of imidazole rings is 1. The predicted octanol–water partition coefficient (Wildman–Crippen LogP) is 2.41. The average Bonchev–Trinajstić information content (AvgIpc) is 2.85. The van der Waals surface area contributed by atoms with Gasteiger partial charge in [-0.3, -0.25) is 0 Å². The van der Waals surface area contributed by atoms with Crippen molar-refractivity contribution in [2.45, 2.75) is 24.8 Å². The minimum Gasteiger partial charge on any atom is -0.347 e. The van der Waals surface area contributed by atoms with E-state index in [4.69, 9.17) is 11.6 Å². The lowest BCUT2D eigenvalue weighted by atomic mass is 10.2. The average molecular weight is 300 g/mol. The van der Waals surface area contributed by atoms with Crippen LogP contribution < -0.4 is 4.72 Å². The minimum absolute atomic E-state index is 0.179. The second-order valence-corrected chi connectivity index (χ2v) is 6.27. The van der Waals surface area contributed by atoms with Gasteiger partial charge in [-0.25, -0.2) is 18.1 Å². The molecule has 0 bridgehead atoms. The number of nitrogens with one attached hydrogen (secondary N) is 2. The van der Waals surface area contributed by atoms with Gasteiger partial charge in [0, 0.05) is 17.4 Å². The molecule has 1 heterocycles. The number of halogens is 1. The van der Waals surface area contributed by atoms with Gasteiger partial charge in [-0.05, 0) is 31.5 Å². The SMILES string of the molecule is Cc1c(Cl)cccc1S(=O)(=O)NC(C)c1ncc[nH]1. The molecule has 0 amide bonds. The van der Waals surface area contributed by atoms with E-state index in [2.05, 4.69) is 14.7 Å². The van der Waals surface area contributed by atoms with Gasteiger partial charge in [0.1, 0.15) is 5.82 Å². The van der Waals surface area contributed by atoms with Gasteiger partial charge < -0.3 is 4.98 Å². The Hall–Kier alpha value is -1.37. The monoisotopic (exact) mass is 299 g/mol. The molecule has 1 atom stereocenters. The first-order valence-corrected chi connectivity index (χ1v) is 7.54. The maximum Gasteiger partial charge on any atom is 0.241 e. The minimum atomic E-state index is -3.63. The molecule has 0 saturated heterocycles. The van der Waals surface area contributed by atoms with E-state index in [1.807, 2.05) is 0 Å². The van der Waals surface area contributed by atoms with Gasteiger partial charge in [0.15, 0.2) is 0 Å². The molecule has 1 aromatic carbocycles. The number of hydrogen-bond acceptors (Lipinski definition) is 3. The summed E-state index contributed by atoms with van der Waals surface area (Å²) < 4.78 is 27.2.